The summed E-state index contributed by atoms with van der Waals surface area (Å²) in [5.41, 5.74) is 1.17. The van der Waals surface area contributed by atoms with E-state index in [2.05, 4.69) is 5.32 Å². The van der Waals surface area contributed by atoms with Crippen LogP contribution in [-0.4, -0.2) is 59.5 Å². The van der Waals surface area contributed by atoms with Crippen molar-refractivity contribution in [1.82, 2.24) is 9.62 Å². The van der Waals surface area contributed by atoms with Crippen molar-refractivity contribution in [2.24, 2.45) is 0 Å². The van der Waals surface area contributed by atoms with Gasteiger partial charge in [-0.15, -0.1) is 0 Å². The number of sulfonamides is 2. The standard InChI is InChI=1S/C28H31Cl2N3O6S2/c1-40(35,36)33(20-25-26(29)6-5-7-27(25)30)22-10-8-21(9-11-22)28(34)31-16-19-39-23-12-14-24(15-13-23)41(37,38)32-17-3-2-4-18-32/h5-15H,2-4,16-20H2,1H3,(H,31,34). The minimum absolute atomic E-state index is 0.0641. The van der Waals surface area contributed by atoms with Crippen LogP contribution in [0.5, 0.6) is 5.75 Å². The van der Waals surface area contributed by atoms with Crippen LogP contribution < -0.4 is 14.4 Å². The highest BCUT2D eigenvalue weighted by Crippen LogP contribution is 2.29. The van der Waals surface area contributed by atoms with E-state index in [4.69, 9.17) is 27.9 Å². The van der Waals surface area contributed by atoms with Gasteiger partial charge in [0, 0.05) is 34.3 Å². The number of anilines is 1. The summed E-state index contributed by atoms with van der Waals surface area (Å²) >= 11 is 12.5. The lowest BCUT2D eigenvalue weighted by Gasteiger charge is -2.25. The van der Waals surface area contributed by atoms with Gasteiger partial charge >= 0.3 is 0 Å². The predicted octanol–water partition coefficient (Wildman–Crippen LogP) is 4.94. The Labute approximate surface area is 251 Å². The third-order valence-electron chi connectivity index (χ3n) is 6.61. The van der Waals surface area contributed by atoms with E-state index in [9.17, 15) is 21.6 Å². The fraction of sp³-hybridized carbons (Fsp3) is 0.321. The normalized spacial score (nSPS) is 14.4. The first kappa shape index (κ1) is 31.1. The SMILES string of the molecule is CS(=O)(=O)N(Cc1c(Cl)cccc1Cl)c1ccc(C(=O)NCCOc2ccc(S(=O)(=O)N3CCCCC3)cc2)cc1. The quantitative estimate of drug-likeness (QED) is 0.297. The van der Waals surface area contributed by atoms with Gasteiger partial charge in [-0.05, 0) is 73.5 Å². The van der Waals surface area contributed by atoms with Crippen LogP contribution in [0.2, 0.25) is 10.0 Å². The van der Waals surface area contributed by atoms with Gasteiger partial charge in [0.2, 0.25) is 20.0 Å². The Bertz CT molecular complexity index is 1560. The molecule has 1 amide bonds. The first-order chi connectivity index (χ1) is 19.5. The van der Waals surface area contributed by atoms with Gasteiger partial charge in [-0.2, -0.15) is 4.31 Å². The molecule has 1 N–H and O–H groups in total. The monoisotopic (exact) mass is 639 g/mol. The number of nitrogens with zero attached hydrogens (tertiary/aromatic N) is 2. The van der Waals surface area contributed by atoms with Gasteiger partial charge in [0.05, 0.1) is 29.9 Å². The third-order valence-corrected chi connectivity index (χ3v) is 10.4. The van der Waals surface area contributed by atoms with E-state index in [-0.39, 0.29) is 30.5 Å². The molecule has 41 heavy (non-hydrogen) atoms. The highest BCUT2D eigenvalue weighted by atomic mass is 35.5. The molecule has 0 unspecified atom stereocenters. The number of amides is 1. The lowest BCUT2D eigenvalue weighted by molar-refractivity contribution is 0.0947. The van der Waals surface area contributed by atoms with Crippen LogP contribution in [0.1, 0.15) is 35.2 Å². The molecule has 0 aromatic heterocycles. The molecule has 1 aliphatic rings. The molecule has 0 atom stereocenters. The summed E-state index contributed by atoms with van der Waals surface area (Å²) in [6.07, 6.45) is 3.87. The number of nitrogens with one attached hydrogen (secondary N) is 1. The fourth-order valence-corrected chi connectivity index (χ4v) is 7.31. The van der Waals surface area contributed by atoms with Crippen molar-refractivity contribution in [2.45, 2.75) is 30.7 Å². The van der Waals surface area contributed by atoms with Crippen LogP contribution in [-0.2, 0) is 26.6 Å². The summed E-state index contributed by atoms with van der Waals surface area (Å²) < 4.78 is 58.9. The maximum absolute atomic E-state index is 12.8. The number of hydrogen-bond donors (Lipinski definition) is 1. The highest BCUT2D eigenvalue weighted by molar-refractivity contribution is 7.92. The molecule has 1 saturated heterocycles. The van der Waals surface area contributed by atoms with Crippen molar-refractivity contribution in [3.05, 3.63) is 87.9 Å². The van der Waals surface area contributed by atoms with E-state index in [1.54, 1.807) is 30.3 Å². The van der Waals surface area contributed by atoms with E-state index in [0.29, 0.717) is 45.7 Å². The zero-order chi connectivity index (χ0) is 29.6. The van der Waals surface area contributed by atoms with E-state index in [0.717, 1.165) is 25.5 Å². The fourth-order valence-electron chi connectivity index (χ4n) is 4.40. The second-order valence-corrected chi connectivity index (χ2v) is 14.2. The molecule has 13 heteroatoms. The molecule has 1 aliphatic heterocycles. The molecule has 0 spiro atoms. The largest absolute Gasteiger partial charge is 0.492 e. The van der Waals surface area contributed by atoms with Gasteiger partial charge in [-0.3, -0.25) is 9.10 Å². The van der Waals surface area contributed by atoms with Crippen molar-refractivity contribution in [3.63, 3.8) is 0 Å². The zero-order valence-corrected chi connectivity index (χ0v) is 25.6. The van der Waals surface area contributed by atoms with E-state index >= 15 is 0 Å². The maximum Gasteiger partial charge on any atom is 0.251 e. The third kappa shape index (κ3) is 7.92. The van der Waals surface area contributed by atoms with E-state index < -0.39 is 20.0 Å². The highest BCUT2D eigenvalue weighted by Gasteiger charge is 2.26. The van der Waals surface area contributed by atoms with E-state index in [1.165, 1.54) is 45.0 Å². The second kappa shape index (κ2) is 13.4. The lowest BCUT2D eigenvalue weighted by atomic mass is 10.1. The molecule has 0 aliphatic carbocycles. The number of hydrogen-bond acceptors (Lipinski definition) is 6. The summed E-state index contributed by atoms with van der Waals surface area (Å²) in [6, 6.07) is 17.3. The summed E-state index contributed by atoms with van der Waals surface area (Å²) in [5.74, 6) is 0.129. The molecule has 0 bridgehead atoms. The molecule has 1 fully saturated rings. The molecule has 3 aromatic carbocycles. The Morgan fingerprint density at radius 1 is 0.902 bits per heavy atom. The van der Waals surface area contributed by atoms with Gasteiger partial charge < -0.3 is 10.1 Å². The topological polar surface area (TPSA) is 113 Å². The lowest BCUT2D eigenvalue weighted by Crippen LogP contribution is -2.35. The van der Waals surface area contributed by atoms with Gasteiger partial charge in [-0.1, -0.05) is 35.7 Å². The summed E-state index contributed by atoms with van der Waals surface area (Å²) in [5, 5.41) is 3.45. The number of rotatable bonds is 11. The van der Waals surface area contributed by atoms with Gasteiger partial charge in [0.1, 0.15) is 12.4 Å². The van der Waals surface area contributed by atoms with Crippen molar-refractivity contribution in [2.75, 3.05) is 36.8 Å². The van der Waals surface area contributed by atoms with Crippen molar-refractivity contribution in [3.8, 4) is 5.75 Å². The zero-order valence-electron chi connectivity index (χ0n) is 22.4. The number of piperidine rings is 1. The van der Waals surface area contributed by atoms with Crippen LogP contribution in [0.15, 0.2) is 71.6 Å². The van der Waals surface area contributed by atoms with Crippen LogP contribution >= 0.6 is 23.2 Å². The maximum atomic E-state index is 12.8. The molecule has 1 heterocycles. The number of carbonyl (C=O) groups excluding carboxylic acids is 1. The Kier molecular flexibility index (Phi) is 10.2. The van der Waals surface area contributed by atoms with Gasteiger partial charge in [0.25, 0.3) is 5.91 Å². The molecular weight excluding hydrogens is 609 g/mol. The molecule has 0 radical (unpaired) electrons. The number of ether oxygens (including phenoxy) is 1. The second-order valence-electron chi connectivity index (χ2n) is 9.56. The first-order valence-electron chi connectivity index (χ1n) is 13.0. The summed E-state index contributed by atoms with van der Waals surface area (Å²) in [6.45, 7) is 1.38. The number of halogens is 2. The van der Waals surface area contributed by atoms with Gasteiger partial charge in [0.15, 0.2) is 0 Å². The molecular formula is C28H31Cl2N3O6S2. The van der Waals surface area contributed by atoms with Crippen LogP contribution in [0.25, 0.3) is 0 Å². The van der Waals surface area contributed by atoms with Crippen LogP contribution in [0, 0.1) is 0 Å². The van der Waals surface area contributed by atoms with Crippen molar-refractivity contribution in [1.29, 1.82) is 0 Å². The van der Waals surface area contributed by atoms with Crippen LogP contribution in [0.3, 0.4) is 0 Å². The predicted molar refractivity (Wildman–Crippen MR) is 161 cm³/mol. The Hall–Kier alpha value is -2.83. The smallest absolute Gasteiger partial charge is 0.251 e. The van der Waals surface area contributed by atoms with Crippen molar-refractivity contribution < 1.29 is 26.4 Å². The molecule has 4 rings (SSSR count). The number of carbonyl (C=O) groups is 1. The summed E-state index contributed by atoms with van der Waals surface area (Å²) in [7, 11) is -7.19. The Balaban J connectivity index is 1.31. The van der Waals surface area contributed by atoms with Crippen LogP contribution in [0.4, 0.5) is 5.69 Å². The molecule has 9 nitrogen and oxygen atoms in total. The van der Waals surface area contributed by atoms with Gasteiger partial charge in [-0.25, -0.2) is 16.8 Å². The number of benzene rings is 3. The summed E-state index contributed by atoms with van der Waals surface area (Å²) in [4.78, 5) is 12.8. The van der Waals surface area contributed by atoms with Crippen molar-refractivity contribution >= 4 is 54.8 Å². The molecule has 3 aromatic rings. The van der Waals surface area contributed by atoms with E-state index in [1.807, 2.05) is 0 Å². The minimum Gasteiger partial charge on any atom is -0.492 e. The first-order valence-corrected chi connectivity index (χ1v) is 17.0. The minimum atomic E-state index is -3.68. The average Bonchev–Trinajstić information content (AvgIpc) is 2.95. The average molecular weight is 641 g/mol. The molecule has 220 valence electrons. The Morgan fingerprint density at radius 3 is 2.10 bits per heavy atom. The molecule has 0 saturated carbocycles. The Morgan fingerprint density at radius 2 is 1.51 bits per heavy atom.